The molecule has 0 aliphatic heterocycles. The van der Waals surface area contributed by atoms with E-state index in [1.165, 1.54) is 12.1 Å². The molecule has 0 radical (unpaired) electrons. The van der Waals surface area contributed by atoms with Gasteiger partial charge in [0.2, 0.25) is 0 Å². The highest BCUT2D eigenvalue weighted by atomic mass is 35.5. The summed E-state index contributed by atoms with van der Waals surface area (Å²) in [5, 5.41) is 11.9. The van der Waals surface area contributed by atoms with Gasteiger partial charge in [-0.1, -0.05) is 23.2 Å². The predicted octanol–water partition coefficient (Wildman–Crippen LogP) is 2.35. The molecule has 1 aromatic rings. The van der Waals surface area contributed by atoms with Crippen molar-refractivity contribution in [2.24, 2.45) is 0 Å². The van der Waals surface area contributed by atoms with Crippen molar-refractivity contribution in [2.75, 3.05) is 6.61 Å². The van der Waals surface area contributed by atoms with Gasteiger partial charge < -0.3 is 15.2 Å². The number of carbonyl (C=O) groups is 2. The number of carbonyl (C=O) groups excluding carboxylic acids is 1. The molecule has 0 bridgehead atoms. The third kappa shape index (κ3) is 6.31. The first-order valence-electron chi connectivity index (χ1n) is 5.47. The number of nitrogens with one attached hydrogen (secondary N) is 1. The smallest absolute Gasteiger partial charge is 0.305 e. The maximum Gasteiger partial charge on any atom is 0.305 e. The summed E-state index contributed by atoms with van der Waals surface area (Å²) in [6.45, 7) is 1.36. The van der Waals surface area contributed by atoms with E-state index in [1.54, 1.807) is 13.0 Å². The minimum atomic E-state index is -0.977. The Morgan fingerprint density at radius 3 is 2.42 bits per heavy atom. The number of amides is 1. The Bertz CT molecular complexity index is 459. The molecule has 0 saturated heterocycles. The SMILES string of the molecule is CC(CC(=O)O)NC(=O)COc1cc(Cl)cc(Cl)c1. The molecular weight excluding hydrogens is 293 g/mol. The molecule has 0 aliphatic rings. The lowest BCUT2D eigenvalue weighted by Crippen LogP contribution is -2.37. The van der Waals surface area contributed by atoms with Gasteiger partial charge in [-0.15, -0.1) is 0 Å². The Morgan fingerprint density at radius 2 is 1.89 bits per heavy atom. The van der Waals surface area contributed by atoms with E-state index in [-0.39, 0.29) is 13.0 Å². The van der Waals surface area contributed by atoms with Crippen molar-refractivity contribution >= 4 is 35.1 Å². The van der Waals surface area contributed by atoms with Crippen molar-refractivity contribution in [3.63, 3.8) is 0 Å². The number of aliphatic carboxylic acids is 1. The lowest BCUT2D eigenvalue weighted by molar-refractivity contribution is -0.137. The molecule has 1 rings (SSSR count). The van der Waals surface area contributed by atoms with Crippen molar-refractivity contribution in [1.29, 1.82) is 0 Å². The van der Waals surface area contributed by atoms with E-state index in [0.29, 0.717) is 15.8 Å². The van der Waals surface area contributed by atoms with Crippen LogP contribution in [0.5, 0.6) is 5.75 Å². The van der Waals surface area contributed by atoms with Gasteiger partial charge in [0, 0.05) is 16.1 Å². The summed E-state index contributed by atoms with van der Waals surface area (Å²) in [6, 6.07) is 4.14. The summed E-state index contributed by atoms with van der Waals surface area (Å²) in [4.78, 5) is 21.9. The van der Waals surface area contributed by atoms with Crippen LogP contribution in [0.1, 0.15) is 13.3 Å². The molecule has 104 valence electrons. The molecule has 0 heterocycles. The van der Waals surface area contributed by atoms with Crippen LogP contribution in [0.4, 0.5) is 0 Å². The molecule has 1 atom stereocenters. The van der Waals surface area contributed by atoms with Gasteiger partial charge in [-0.2, -0.15) is 0 Å². The summed E-state index contributed by atoms with van der Waals surface area (Å²) < 4.78 is 5.21. The van der Waals surface area contributed by atoms with Crippen molar-refractivity contribution in [3.8, 4) is 5.75 Å². The van der Waals surface area contributed by atoms with Crippen molar-refractivity contribution < 1.29 is 19.4 Å². The Hall–Kier alpha value is -1.46. The first-order valence-corrected chi connectivity index (χ1v) is 6.22. The summed E-state index contributed by atoms with van der Waals surface area (Å²) >= 11 is 11.6. The molecule has 1 unspecified atom stereocenters. The number of hydrogen-bond acceptors (Lipinski definition) is 3. The van der Waals surface area contributed by atoms with Crippen LogP contribution in [-0.2, 0) is 9.59 Å². The third-order valence-corrected chi connectivity index (χ3v) is 2.53. The van der Waals surface area contributed by atoms with Crippen LogP contribution in [0.25, 0.3) is 0 Å². The number of halogens is 2. The summed E-state index contributed by atoms with van der Waals surface area (Å²) in [7, 11) is 0. The molecule has 5 nitrogen and oxygen atoms in total. The fourth-order valence-corrected chi connectivity index (χ4v) is 1.90. The molecular formula is C12H13Cl2NO4. The molecule has 7 heteroatoms. The lowest BCUT2D eigenvalue weighted by atomic mass is 10.2. The van der Waals surface area contributed by atoms with E-state index in [2.05, 4.69) is 5.32 Å². The molecule has 0 aliphatic carbocycles. The van der Waals surface area contributed by atoms with E-state index in [0.717, 1.165) is 0 Å². The Kier molecular flexibility index (Phi) is 5.92. The van der Waals surface area contributed by atoms with Gasteiger partial charge in [-0.05, 0) is 25.1 Å². The highest BCUT2D eigenvalue weighted by Gasteiger charge is 2.11. The number of carboxylic acids is 1. The maximum absolute atomic E-state index is 11.5. The number of hydrogen-bond donors (Lipinski definition) is 2. The monoisotopic (exact) mass is 305 g/mol. The van der Waals surface area contributed by atoms with Crippen LogP contribution in [-0.4, -0.2) is 29.6 Å². The standard InChI is InChI=1S/C12H13Cl2NO4/c1-7(2-12(17)18)15-11(16)6-19-10-4-8(13)3-9(14)5-10/h3-5,7H,2,6H2,1H3,(H,15,16)(H,17,18). The average molecular weight is 306 g/mol. The second-order valence-electron chi connectivity index (χ2n) is 3.96. The van der Waals surface area contributed by atoms with Crippen LogP contribution in [0.2, 0.25) is 10.0 Å². The van der Waals surface area contributed by atoms with Crippen molar-refractivity contribution in [3.05, 3.63) is 28.2 Å². The second-order valence-corrected chi connectivity index (χ2v) is 4.83. The number of benzene rings is 1. The van der Waals surface area contributed by atoms with Crippen LogP contribution in [0, 0.1) is 0 Å². The lowest BCUT2D eigenvalue weighted by Gasteiger charge is -2.12. The third-order valence-electron chi connectivity index (χ3n) is 2.09. The molecule has 19 heavy (non-hydrogen) atoms. The molecule has 2 N–H and O–H groups in total. The summed E-state index contributed by atoms with van der Waals surface area (Å²) in [6.07, 6.45) is -0.144. The van der Waals surface area contributed by atoms with Crippen molar-refractivity contribution in [2.45, 2.75) is 19.4 Å². The Morgan fingerprint density at radius 1 is 1.32 bits per heavy atom. The Balaban J connectivity index is 2.43. The van der Waals surface area contributed by atoms with E-state index in [9.17, 15) is 9.59 Å². The topological polar surface area (TPSA) is 75.6 Å². The molecule has 1 aromatic carbocycles. The van der Waals surface area contributed by atoms with E-state index >= 15 is 0 Å². The fraction of sp³-hybridized carbons (Fsp3) is 0.333. The van der Waals surface area contributed by atoms with Gasteiger partial charge >= 0.3 is 5.97 Å². The second kappa shape index (κ2) is 7.21. The minimum absolute atomic E-state index is 0.144. The van der Waals surface area contributed by atoms with Crippen LogP contribution >= 0.6 is 23.2 Å². The quantitative estimate of drug-likeness (QED) is 0.846. The van der Waals surface area contributed by atoms with Gasteiger partial charge in [0.15, 0.2) is 6.61 Å². The Labute approximate surface area is 120 Å². The molecule has 0 aromatic heterocycles. The van der Waals surface area contributed by atoms with Crippen LogP contribution < -0.4 is 10.1 Å². The maximum atomic E-state index is 11.5. The minimum Gasteiger partial charge on any atom is -0.484 e. The molecule has 0 spiro atoms. The largest absolute Gasteiger partial charge is 0.484 e. The van der Waals surface area contributed by atoms with E-state index < -0.39 is 17.9 Å². The zero-order valence-corrected chi connectivity index (χ0v) is 11.7. The van der Waals surface area contributed by atoms with Gasteiger partial charge in [0.25, 0.3) is 5.91 Å². The fourth-order valence-electron chi connectivity index (χ4n) is 1.39. The zero-order chi connectivity index (χ0) is 14.4. The van der Waals surface area contributed by atoms with Gasteiger partial charge in [0.1, 0.15) is 5.75 Å². The van der Waals surface area contributed by atoms with E-state index in [1.807, 2.05) is 0 Å². The van der Waals surface area contributed by atoms with Crippen LogP contribution in [0.3, 0.4) is 0 Å². The highest BCUT2D eigenvalue weighted by Crippen LogP contribution is 2.23. The molecule has 0 saturated carbocycles. The van der Waals surface area contributed by atoms with Crippen molar-refractivity contribution in [1.82, 2.24) is 5.32 Å². The van der Waals surface area contributed by atoms with Gasteiger partial charge in [-0.3, -0.25) is 9.59 Å². The zero-order valence-electron chi connectivity index (χ0n) is 10.2. The number of carboxylic acid groups (broad SMARTS) is 1. The van der Waals surface area contributed by atoms with E-state index in [4.69, 9.17) is 33.0 Å². The number of ether oxygens (including phenoxy) is 1. The average Bonchev–Trinajstić information content (AvgIpc) is 2.23. The number of rotatable bonds is 6. The summed E-state index contributed by atoms with van der Waals surface area (Å²) in [5.41, 5.74) is 0. The first kappa shape index (κ1) is 15.6. The summed E-state index contributed by atoms with van der Waals surface area (Å²) in [5.74, 6) is -1.02. The van der Waals surface area contributed by atoms with Gasteiger partial charge in [0.05, 0.1) is 6.42 Å². The highest BCUT2D eigenvalue weighted by molar-refractivity contribution is 6.34. The van der Waals surface area contributed by atoms with Crippen LogP contribution in [0.15, 0.2) is 18.2 Å². The molecule has 0 fully saturated rings. The first-order chi connectivity index (χ1) is 8.86. The molecule has 1 amide bonds. The predicted molar refractivity (Wildman–Crippen MR) is 71.8 cm³/mol. The van der Waals surface area contributed by atoms with Gasteiger partial charge in [-0.25, -0.2) is 0 Å². The normalized spacial score (nSPS) is 11.7.